The Labute approximate surface area is 338 Å². The summed E-state index contributed by atoms with van der Waals surface area (Å²) in [5, 5.41) is 21.9. The molecule has 0 aliphatic carbocycles. The molecule has 6 aromatic rings. The molecule has 0 bridgehead atoms. The molecular formula is C39H34ClF4N7O8. The van der Waals surface area contributed by atoms with Crippen LogP contribution in [0.4, 0.5) is 34.6 Å². The smallest absolute Gasteiger partial charge is 0.316 e. The number of hydrogen-bond acceptors (Lipinski definition) is 13. The Kier molecular flexibility index (Phi) is 15.7. The molecule has 6 rings (SSSR count). The number of nitro groups is 2. The third-order valence-electron chi connectivity index (χ3n) is 7.71. The molecule has 2 heterocycles. The molecule has 0 radical (unpaired) electrons. The zero-order valence-electron chi connectivity index (χ0n) is 31.6. The number of benzene rings is 4. The predicted molar refractivity (Wildman–Crippen MR) is 209 cm³/mol. The molecule has 15 nitrogen and oxygen atoms in total. The summed E-state index contributed by atoms with van der Waals surface area (Å²) in [5.74, 6) is -2.50. The minimum absolute atomic E-state index is 0.00926. The van der Waals surface area contributed by atoms with Crippen LogP contribution in [0.3, 0.4) is 0 Å². The molecule has 0 atom stereocenters. The Balaban J connectivity index is 0.000000216. The number of nitrogen functional groups attached to an aromatic ring is 1. The van der Waals surface area contributed by atoms with Crippen molar-refractivity contribution in [3.8, 4) is 45.5 Å². The molecule has 308 valence electrons. The second-order valence-corrected chi connectivity index (χ2v) is 12.0. The first-order chi connectivity index (χ1) is 28.2. The standard InChI is InChI=1S/C20H17F2N3O4.C12H10ClFN2O.C7H7FN2O3/c1-3-29-19-9-13(21)4-5-15(19)17-10-14(23-11-24-17)6-12-7-16(22)20(28-2)18(8-12)25(26)27;1-2-17-11-5-8(14)3-4-9(11)10-6-12(13)16-7-15-10;1-13-7-5(8)2-4(9)3-6(7)10(11)12/h4-5,7-11H,3,6H2,1-2H3;3-7H,2H2,1H3;2-3H,9H2,1H3. The summed E-state index contributed by atoms with van der Waals surface area (Å²) in [6.45, 7) is 4.42. The van der Waals surface area contributed by atoms with E-state index in [0.717, 1.165) is 25.3 Å². The number of hydrogen-bond donors (Lipinski definition) is 1. The second kappa shape index (κ2) is 20.8. The number of methoxy groups -OCH3 is 2. The molecule has 0 amide bonds. The summed E-state index contributed by atoms with van der Waals surface area (Å²) in [4.78, 5) is 36.4. The number of anilines is 1. The lowest BCUT2D eigenvalue weighted by Crippen LogP contribution is -2.01. The predicted octanol–water partition coefficient (Wildman–Crippen LogP) is 8.99. The highest BCUT2D eigenvalue weighted by Crippen LogP contribution is 2.34. The molecule has 0 aliphatic heterocycles. The largest absolute Gasteiger partial charge is 0.493 e. The fourth-order valence-corrected chi connectivity index (χ4v) is 5.45. The first kappa shape index (κ1) is 44.6. The summed E-state index contributed by atoms with van der Waals surface area (Å²) >= 11 is 5.79. The molecule has 0 spiro atoms. The van der Waals surface area contributed by atoms with E-state index in [1.165, 1.54) is 50.1 Å². The quantitative estimate of drug-likeness (QED) is 0.0403. The third kappa shape index (κ3) is 11.9. The van der Waals surface area contributed by atoms with Gasteiger partial charge in [0.15, 0.2) is 11.6 Å². The van der Waals surface area contributed by atoms with E-state index in [1.54, 1.807) is 31.2 Å². The van der Waals surface area contributed by atoms with Crippen molar-refractivity contribution < 1.29 is 46.4 Å². The summed E-state index contributed by atoms with van der Waals surface area (Å²) < 4.78 is 74.0. The highest BCUT2D eigenvalue weighted by Gasteiger charge is 2.22. The zero-order valence-corrected chi connectivity index (χ0v) is 32.4. The second-order valence-electron chi connectivity index (χ2n) is 11.6. The van der Waals surface area contributed by atoms with Gasteiger partial charge in [0, 0.05) is 65.3 Å². The maximum absolute atomic E-state index is 14.2. The van der Waals surface area contributed by atoms with Gasteiger partial charge in [0.1, 0.15) is 40.9 Å². The van der Waals surface area contributed by atoms with Crippen molar-refractivity contribution >= 4 is 28.7 Å². The number of aromatic nitrogens is 4. The Hall–Kier alpha value is -7.15. The van der Waals surface area contributed by atoms with Gasteiger partial charge in [-0.15, -0.1) is 0 Å². The van der Waals surface area contributed by atoms with Gasteiger partial charge in [-0.25, -0.2) is 37.5 Å². The highest BCUT2D eigenvalue weighted by molar-refractivity contribution is 6.29. The molecule has 0 aliphatic rings. The van der Waals surface area contributed by atoms with Gasteiger partial charge in [-0.3, -0.25) is 20.2 Å². The van der Waals surface area contributed by atoms with Crippen LogP contribution in [0.25, 0.3) is 22.5 Å². The summed E-state index contributed by atoms with van der Waals surface area (Å²) in [7, 11) is 2.32. The number of nitro benzene ring substituents is 2. The van der Waals surface area contributed by atoms with Gasteiger partial charge in [0.25, 0.3) is 0 Å². The number of nitrogens with zero attached hydrogens (tertiary/aromatic N) is 6. The van der Waals surface area contributed by atoms with Crippen LogP contribution >= 0.6 is 11.6 Å². The lowest BCUT2D eigenvalue weighted by Gasteiger charge is -2.11. The van der Waals surface area contributed by atoms with Crippen LogP contribution in [0.1, 0.15) is 25.1 Å². The van der Waals surface area contributed by atoms with Crippen molar-refractivity contribution in [2.45, 2.75) is 20.3 Å². The topological polar surface area (TPSA) is 201 Å². The van der Waals surface area contributed by atoms with E-state index < -0.39 is 50.2 Å². The monoisotopic (exact) mass is 839 g/mol. The third-order valence-corrected chi connectivity index (χ3v) is 7.92. The maximum Gasteiger partial charge on any atom is 0.316 e. The highest BCUT2D eigenvalue weighted by atomic mass is 35.5. The molecule has 0 unspecified atom stereocenters. The van der Waals surface area contributed by atoms with Gasteiger partial charge in [0.2, 0.25) is 11.5 Å². The van der Waals surface area contributed by atoms with Crippen LogP contribution in [-0.4, -0.2) is 57.2 Å². The molecule has 4 aromatic carbocycles. The molecule has 2 aromatic heterocycles. The Bertz CT molecular complexity index is 2450. The van der Waals surface area contributed by atoms with Gasteiger partial charge in [-0.2, -0.15) is 0 Å². The number of ether oxygens (including phenoxy) is 4. The van der Waals surface area contributed by atoms with Crippen molar-refractivity contribution in [2.75, 3.05) is 33.2 Å². The molecular weight excluding hydrogens is 806 g/mol. The minimum atomic E-state index is -0.839. The molecule has 0 saturated heterocycles. The Morgan fingerprint density at radius 2 is 1.15 bits per heavy atom. The Morgan fingerprint density at radius 3 is 1.64 bits per heavy atom. The van der Waals surface area contributed by atoms with Crippen molar-refractivity contribution in [1.29, 1.82) is 0 Å². The molecule has 59 heavy (non-hydrogen) atoms. The normalized spacial score (nSPS) is 10.3. The average molecular weight is 840 g/mol. The zero-order chi connectivity index (χ0) is 43.2. The molecule has 0 fully saturated rings. The van der Waals surface area contributed by atoms with Crippen molar-refractivity contribution in [3.05, 3.63) is 145 Å². The fraction of sp³-hybridized carbons (Fsp3) is 0.179. The molecule has 20 heteroatoms. The fourth-order valence-electron chi connectivity index (χ4n) is 5.31. The van der Waals surface area contributed by atoms with Crippen molar-refractivity contribution in [2.24, 2.45) is 0 Å². The van der Waals surface area contributed by atoms with Gasteiger partial charge in [-0.05, 0) is 55.8 Å². The average Bonchev–Trinajstić information content (AvgIpc) is 3.18. The van der Waals surface area contributed by atoms with E-state index in [9.17, 15) is 37.8 Å². The van der Waals surface area contributed by atoms with Gasteiger partial charge >= 0.3 is 11.4 Å². The van der Waals surface area contributed by atoms with Gasteiger partial charge in [-0.1, -0.05) is 11.6 Å². The van der Waals surface area contributed by atoms with Gasteiger partial charge < -0.3 is 24.7 Å². The van der Waals surface area contributed by atoms with Crippen LogP contribution in [0.2, 0.25) is 5.15 Å². The van der Waals surface area contributed by atoms with Crippen molar-refractivity contribution in [1.82, 2.24) is 19.9 Å². The summed E-state index contributed by atoms with van der Waals surface area (Å²) in [6.07, 6.45) is 2.80. The summed E-state index contributed by atoms with van der Waals surface area (Å²) in [6, 6.07) is 16.1. The van der Waals surface area contributed by atoms with E-state index in [4.69, 9.17) is 31.5 Å². The van der Waals surface area contributed by atoms with Crippen LogP contribution in [0, 0.1) is 43.5 Å². The van der Waals surface area contributed by atoms with E-state index in [0.29, 0.717) is 63.6 Å². The Morgan fingerprint density at radius 1 is 0.661 bits per heavy atom. The van der Waals surface area contributed by atoms with Crippen LogP contribution in [-0.2, 0) is 6.42 Å². The SMILES string of the molecule is CCOc1cc(F)ccc1-c1cc(Cc2cc(F)c(OC)c([N+](=O)[O-])c2)ncn1.CCOc1cc(F)ccc1-c1cc(Cl)ncn1.COc1c(F)cc(N)cc1[N+](=O)[O-]. The van der Waals surface area contributed by atoms with Crippen LogP contribution in [0.5, 0.6) is 23.0 Å². The molecule has 0 saturated carbocycles. The van der Waals surface area contributed by atoms with E-state index >= 15 is 0 Å². The first-order valence-corrected chi connectivity index (χ1v) is 17.5. The van der Waals surface area contributed by atoms with Crippen molar-refractivity contribution in [3.63, 3.8) is 0 Å². The van der Waals surface area contributed by atoms with E-state index in [2.05, 4.69) is 24.7 Å². The first-order valence-electron chi connectivity index (χ1n) is 17.1. The number of rotatable bonds is 12. The summed E-state index contributed by atoms with van der Waals surface area (Å²) in [5.41, 5.74) is 7.48. The van der Waals surface area contributed by atoms with Crippen LogP contribution < -0.4 is 24.7 Å². The van der Waals surface area contributed by atoms with Gasteiger partial charge in [0.05, 0.1) is 48.7 Å². The van der Waals surface area contributed by atoms with E-state index in [-0.39, 0.29) is 17.9 Å². The van der Waals surface area contributed by atoms with E-state index in [1.807, 2.05) is 6.92 Å². The lowest BCUT2D eigenvalue weighted by molar-refractivity contribution is -0.386. The van der Waals surface area contributed by atoms with Crippen LogP contribution in [0.15, 0.2) is 85.5 Å². The maximum atomic E-state index is 14.2. The minimum Gasteiger partial charge on any atom is -0.493 e. The lowest BCUT2D eigenvalue weighted by atomic mass is 10.0. The molecule has 2 N–H and O–H groups in total. The number of nitrogens with two attached hydrogens (primary N) is 1. The number of halogens is 5.